The lowest BCUT2D eigenvalue weighted by Gasteiger charge is -2.15. The van der Waals surface area contributed by atoms with Gasteiger partial charge in [-0.1, -0.05) is 37.6 Å². The molecule has 15 heavy (non-hydrogen) atoms. The molecule has 1 aliphatic rings. The van der Waals surface area contributed by atoms with Crippen LogP contribution in [0.15, 0.2) is 24.3 Å². The largest absolute Gasteiger partial charge is 0.307 e. The average molecular weight is 224 g/mol. The summed E-state index contributed by atoms with van der Waals surface area (Å²) < 4.78 is 0. The second-order valence-electron chi connectivity index (χ2n) is 5.19. The summed E-state index contributed by atoms with van der Waals surface area (Å²) in [4.78, 5) is 0. The van der Waals surface area contributed by atoms with Gasteiger partial charge in [0.05, 0.1) is 0 Å². The maximum Gasteiger partial charge on any atom is 0.0406 e. The predicted molar refractivity (Wildman–Crippen MR) is 65.2 cm³/mol. The van der Waals surface area contributed by atoms with Gasteiger partial charge in [0.1, 0.15) is 0 Å². The molecular formula is C13H18ClN. The van der Waals surface area contributed by atoms with E-state index < -0.39 is 0 Å². The molecule has 1 N–H and O–H groups in total. The smallest absolute Gasteiger partial charge is 0.0406 e. The molecule has 0 amide bonds. The maximum absolute atomic E-state index is 5.86. The monoisotopic (exact) mass is 223 g/mol. The van der Waals surface area contributed by atoms with Crippen molar-refractivity contribution < 1.29 is 0 Å². The van der Waals surface area contributed by atoms with E-state index in [0.717, 1.165) is 5.02 Å². The van der Waals surface area contributed by atoms with E-state index in [2.05, 4.69) is 38.2 Å². The lowest BCUT2D eigenvalue weighted by Crippen LogP contribution is -2.24. The van der Waals surface area contributed by atoms with Crippen LogP contribution in [0.5, 0.6) is 0 Å². The summed E-state index contributed by atoms with van der Waals surface area (Å²) in [5.41, 5.74) is 1.79. The zero-order valence-electron chi connectivity index (χ0n) is 9.55. The Balaban J connectivity index is 1.97. The Hall–Kier alpha value is -0.530. The van der Waals surface area contributed by atoms with Crippen LogP contribution in [0.4, 0.5) is 0 Å². The van der Waals surface area contributed by atoms with Gasteiger partial charge in [0.2, 0.25) is 0 Å². The normalized spacial score (nSPS) is 24.9. The van der Waals surface area contributed by atoms with Crippen molar-refractivity contribution in [3.63, 3.8) is 0 Å². The van der Waals surface area contributed by atoms with Gasteiger partial charge in [0, 0.05) is 17.1 Å². The van der Waals surface area contributed by atoms with Gasteiger partial charge in [-0.05, 0) is 36.5 Å². The van der Waals surface area contributed by atoms with Crippen molar-refractivity contribution >= 4 is 11.6 Å². The van der Waals surface area contributed by atoms with Crippen LogP contribution in [0.1, 0.15) is 38.8 Å². The number of hydrogen-bond acceptors (Lipinski definition) is 1. The minimum absolute atomic E-state index is 0.411. The van der Waals surface area contributed by atoms with Gasteiger partial charge in [-0.25, -0.2) is 0 Å². The van der Waals surface area contributed by atoms with E-state index in [9.17, 15) is 0 Å². The van der Waals surface area contributed by atoms with E-state index in [1.165, 1.54) is 12.0 Å². The minimum atomic E-state index is 0.411. The first-order valence-electron chi connectivity index (χ1n) is 5.50. The number of rotatable bonds is 3. The van der Waals surface area contributed by atoms with Crippen LogP contribution in [0, 0.1) is 5.41 Å². The first-order valence-corrected chi connectivity index (χ1v) is 5.88. The molecule has 1 aromatic carbocycles. The molecule has 0 radical (unpaired) electrons. The Morgan fingerprint density at radius 1 is 1.33 bits per heavy atom. The van der Waals surface area contributed by atoms with Crippen molar-refractivity contribution in [2.45, 2.75) is 39.3 Å². The van der Waals surface area contributed by atoms with Gasteiger partial charge in [-0.15, -0.1) is 0 Å². The van der Waals surface area contributed by atoms with Crippen molar-refractivity contribution in [3.05, 3.63) is 34.9 Å². The molecule has 0 bridgehead atoms. The Morgan fingerprint density at radius 3 is 2.33 bits per heavy atom. The zero-order valence-corrected chi connectivity index (χ0v) is 10.3. The van der Waals surface area contributed by atoms with Gasteiger partial charge in [0.15, 0.2) is 0 Å². The van der Waals surface area contributed by atoms with Crippen molar-refractivity contribution in [1.82, 2.24) is 5.32 Å². The van der Waals surface area contributed by atoms with E-state index >= 15 is 0 Å². The molecule has 0 spiro atoms. The molecule has 2 atom stereocenters. The fraction of sp³-hybridized carbons (Fsp3) is 0.538. The third-order valence-corrected chi connectivity index (χ3v) is 3.59. The highest BCUT2D eigenvalue weighted by Crippen LogP contribution is 2.45. The van der Waals surface area contributed by atoms with E-state index in [0.29, 0.717) is 17.5 Å². The van der Waals surface area contributed by atoms with Crippen LogP contribution in [0.3, 0.4) is 0 Å². The molecule has 1 aromatic rings. The fourth-order valence-corrected chi connectivity index (χ4v) is 2.03. The van der Waals surface area contributed by atoms with Crippen molar-refractivity contribution in [2.75, 3.05) is 0 Å². The second-order valence-corrected chi connectivity index (χ2v) is 5.62. The fourth-order valence-electron chi connectivity index (χ4n) is 1.90. The van der Waals surface area contributed by atoms with Crippen LogP contribution < -0.4 is 5.32 Å². The van der Waals surface area contributed by atoms with E-state index in [1.54, 1.807) is 0 Å². The third-order valence-electron chi connectivity index (χ3n) is 3.33. The SMILES string of the molecule is CC(NC1CC1(C)C)c1ccc(Cl)cc1. The molecule has 0 heterocycles. The molecule has 1 fully saturated rings. The molecule has 1 saturated carbocycles. The molecule has 0 saturated heterocycles. The summed E-state index contributed by atoms with van der Waals surface area (Å²) in [6.07, 6.45) is 1.28. The van der Waals surface area contributed by atoms with Crippen LogP contribution in [0.25, 0.3) is 0 Å². The highest BCUT2D eigenvalue weighted by Gasteiger charge is 2.45. The van der Waals surface area contributed by atoms with Crippen molar-refractivity contribution in [1.29, 1.82) is 0 Å². The molecular weight excluding hydrogens is 206 g/mol. The standard InChI is InChI=1S/C13H18ClN/c1-9(15-12-8-13(12,2)3)10-4-6-11(14)7-5-10/h4-7,9,12,15H,8H2,1-3H3. The van der Waals surface area contributed by atoms with Gasteiger partial charge in [0.25, 0.3) is 0 Å². The summed E-state index contributed by atoms with van der Waals surface area (Å²) >= 11 is 5.86. The topological polar surface area (TPSA) is 12.0 Å². The average Bonchev–Trinajstić information content (AvgIpc) is 2.74. The first-order chi connectivity index (χ1) is 6.99. The Kier molecular flexibility index (Phi) is 2.78. The van der Waals surface area contributed by atoms with Gasteiger partial charge >= 0.3 is 0 Å². The summed E-state index contributed by atoms with van der Waals surface area (Å²) in [6, 6.07) is 9.17. The van der Waals surface area contributed by atoms with Crippen molar-refractivity contribution in [2.24, 2.45) is 5.41 Å². The predicted octanol–water partition coefficient (Wildman–Crippen LogP) is 3.79. The summed E-state index contributed by atoms with van der Waals surface area (Å²) in [7, 11) is 0. The Labute approximate surface area is 96.8 Å². The summed E-state index contributed by atoms with van der Waals surface area (Å²) in [6.45, 7) is 6.82. The summed E-state index contributed by atoms with van der Waals surface area (Å²) in [5.74, 6) is 0. The molecule has 2 rings (SSSR count). The molecule has 2 unspecified atom stereocenters. The molecule has 0 aliphatic heterocycles. The van der Waals surface area contributed by atoms with Crippen molar-refractivity contribution in [3.8, 4) is 0 Å². The van der Waals surface area contributed by atoms with Crippen LogP contribution >= 0.6 is 11.6 Å². The number of hydrogen-bond donors (Lipinski definition) is 1. The van der Waals surface area contributed by atoms with Gasteiger partial charge in [-0.2, -0.15) is 0 Å². The highest BCUT2D eigenvalue weighted by atomic mass is 35.5. The van der Waals surface area contributed by atoms with Gasteiger partial charge in [-0.3, -0.25) is 0 Å². The summed E-state index contributed by atoms with van der Waals surface area (Å²) in [5, 5.41) is 4.44. The lowest BCUT2D eigenvalue weighted by atomic mass is 10.1. The zero-order chi connectivity index (χ0) is 11.1. The number of nitrogens with one attached hydrogen (secondary N) is 1. The van der Waals surface area contributed by atoms with Crippen LogP contribution in [0.2, 0.25) is 5.02 Å². The third kappa shape index (κ3) is 2.53. The van der Waals surface area contributed by atoms with Gasteiger partial charge < -0.3 is 5.32 Å². The van der Waals surface area contributed by atoms with E-state index in [1.807, 2.05) is 12.1 Å². The number of benzene rings is 1. The quantitative estimate of drug-likeness (QED) is 0.822. The molecule has 82 valence electrons. The first kappa shape index (κ1) is 11.0. The molecule has 1 aliphatic carbocycles. The van der Waals surface area contributed by atoms with E-state index in [-0.39, 0.29) is 0 Å². The van der Waals surface area contributed by atoms with E-state index in [4.69, 9.17) is 11.6 Å². The minimum Gasteiger partial charge on any atom is -0.307 e. The molecule has 1 nitrogen and oxygen atoms in total. The highest BCUT2D eigenvalue weighted by molar-refractivity contribution is 6.30. The maximum atomic E-state index is 5.86. The second kappa shape index (κ2) is 3.80. The molecule has 2 heteroatoms. The number of halogens is 1. The lowest BCUT2D eigenvalue weighted by molar-refractivity contribution is 0.492. The van der Waals surface area contributed by atoms with Crippen LogP contribution in [-0.4, -0.2) is 6.04 Å². The Morgan fingerprint density at radius 2 is 1.87 bits per heavy atom. The Bertz CT molecular complexity index is 342. The molecule has 0 aromatic heterocycles. The van der Waals surface area contributed by atoms with Crippen LogP contribution in [-0.2, 0) is 0 Å².